The summed E-state index contributed by atoms with van der Waals surface area (Å²) in [4.78, 5) is 13.6. The molecule has 1 saturated heterocycles. The van der Waals surface area contributed by atoms with Gasteiger partial charge in [-0.3, -0.25) is 0 Å². The highest BCUT2D eigenvalue weighted by Gasteiger charge is 2.46. The van der Waals surface area contributed by atoms with Gasteiger partial charge in [-0.1, -0.05) is 5.16 Å². The highest BCUT2D eigenvalue weighted by molar-refractivity contribution is 5.91. The van der Waals surface area contributed by atoms with E-state index in [4.69, 9.17) is 9.94 Å². The molecule has 2 bridgehead atoms. The molecule has 2 rings (SSSR count). The summed E-state index contributed by atoms with van der Waals surface area (Å²) in [5, 5.41) is 12.0. The molecule has 5 nitrogen and oxygen atoms in total. The molecule has 0 radical (unpaired) electrons. The van der Waals surface area contributed by atoms with E-state index in [9.17, 15) is 4.79 Å². The zero-order valence-electron chi connectivity index (χ0n) is 9.93. The van der Waals surface area contributed by atoms with E-state index in [1.54, 1.807) is 4.90 Å². The van der Waals surface area contributed by atoms with Crippen LogP contribution in [0.5, 0.6) is 0 Å². The molecule has 1 N–H and O–H groups in total. The lowest BCUT2D eigenvalue weighted by Crippen LogP contribution is -2.43. The fourth-order valence-corrected chi connectivity index (χ4v) is 2.43. The smallest absolute Gasteiger partial charge is 0.410 e. The SMILES string of the molecule is CC(C)(C)OC(=O)N1C[C@@H]2C[C@H]1C/C2=N/O. The van der Waals surface area contributed by atoms with Crippen LogP contribution < -0.4 is 0 Å². The maximum Gasteiger partial charge on any atom is 0.410 e. The Bertz CT molecular complexity index is 333. The summed E-state index contributed by atoms with van der Waals surface area (Å²) in [6, 6.07) is 0.158. The van der Waals surface area contributed by atoms with E-state index in [1.807, 2.05) is 20.8 Å². The van der Waals surface area contributed by atoms with E-state index in [1.165, 1.54) is 0 Å². The Morgan fingerprint density at radius 1 is 1.56 bits per heavy atom. The molecule has 90 valence electrons. The average molecular weight is 226 g/mol. The topological polar surface area (TPSA) is 62.1 Å². The minimum absolute atomic E-state index is 0.158. The molecular formula is C11H18N2O3. The molecule has 16 heavy (non-hydrogen) atoms. The van der Waals surface area contributed by atoms with Crippen molar-refractivity contribution < 1.29 is 14.7 Å². The molecule has 0 spiro atoms. The van der Waals surface area contributed by atoms with Crippen molar-refractivity contribution in [2.24, 2.45) is 11.1 Å². The highest BCUT2D eigenvalue weighted by atomic mass is 16.6. The van der Waals surface area contributed by atoms with E-state index in [0.29, 0.717) is 13.0 Å². The standard InChI is InChI=1S/C11H18N2O3/c1-11(2,3)16-10(14)13-6-7-4-8(13)5-9(7)12-15/h7-8,15H,4-6H2,1-3H3/b12-9-/t7-,8-/m0/s1. The Morgan fingerprint density at radius 2 is 2.25 bits per heavy atom. The van der Waals surface area contributed by atoms with Gasteiger partial charge in [0.1, 0.15) is 5.60 Å². The first-order chi connectivity index (χ1) is 7.40. The minimum Gasteiger partial charge on any atom is -0.444 e. The summed E-state index contributed by atoms with van der Waals surface area (Å²) in [5.74, 6) is 0.225. The van der Waals surface area contributed by atoms with Gasteiger partial charge < -0.3 is 14.8 Å². The normalized spacial score (nSPS) is 31.2. The van der Waals surface area contributed by atoms with Crippen LogP contribution in [0.4, 0.5) is 4.79 Å². The molecule has 2 fully saturated rings. The number of carbonyl (C=O) groups excluding carboxylic acids is 1. The van der Waals surface area contributed by atoms with E-state index >= 15 is 0 Å². The summed E-state index contributed by atoms with van der Waals surface area (Å²) >= 11 is 0. The quantitative estimate of drug-likeness (QED) is 0.506. The van der Waals surface area contributed by atoms with E-state index in [0.717, 1.165) is 12.1 Å². The monoisotopic (exact) mass is 226 g/mol. The molecule has 0 aromatic rings. The number of hydrogen-bond donors (Lipinski definition) is 1. The van der Waals surface area contributed by atoms with Crippen molar-refractivity contribution in [1.29, 1.82) is 0 Å². The fourth-order valence-electron chi connectivity index (χ4n) is 2.43. The molecule has 1 heterocycles. The number of rotatable bonds is 0. The first-order valence-electron chi connectivity index (χ1n) is 5.61. The van der Waals surface area contributed by atoms with Gasteiger partial charge in [-0.05, 0) is 27.2 Å². The summed E-state index contributed by atoms with van der Waals surface area (Å²) in [5.41, 5.74) is 0.372. The van der Waals surface area contributed by atoms with Crippen molar-refractivity contribution in [2.75, 3.05) is 6.54 Å². The number of hydrogen-bond acceptors (Lipinski definition) is 4. The predicted molar refractivity (Wildman–Crippen MR) is 58.7 cm³/mol. The molecule has 0 aromatic carbocycles. The second kappa shape index (κ2) is 3.64. The zero-order chi connectivity index (χ0) is 11.9. The maximum absolute atomic E-state index is 11.8. The van der Waals surface area contributed by atoms with Gasteiger partial charge in [0.05, 0.1) is 5.71 Å². The number of nitrogens with zero attached hydrogens (tertiary/aromatic N) is 2. The van der Waals surface area contributed by atoms with Crippen molar-refractivity contribution in [1.82, 2.24) is 4.90 Å². The van der Waals surface area contributed by atoms with Crippen LogP contribution >= 0.6 is 0 Å². The molecule has 0 unspecified atom stereocenters. The van der Waals surface area contributed by atoms with Gasteiger partial charge >= 0.3 is 6.09 Å². The molecule has 1 saturated carbocycles. The van der Waals surface area contributed by atoms with Crippen LogP contribution in [0, 0.1) is 5.92 Å². The molecule has 2 aliphatic rings. The van der Waals surface area contributed by atoms with Crippen LogP contribution in [0.3, 0.4) is 0 Å². The van der Waals surface area contributed by atoms with Crippen molar-refractivity contribution >= 4 is 11.8 Å². The minimum atomic E-state index is -0.452. The molecule has 5 heteroatoms. The van der Waals surface area contributed by atoms with Gasteiger partial charge in [-0.25, -0.2) is 4.79 Å². The molecule has 2 atom stereocenters. The summed E-state index contributed by atoms with van der Waals surface area (Å²) < 4.78 is 5.33. The average Bonchev–Trinajstić information content (AvgIpc) is 2.72. The third-order valence-corrected chi connectivity index (χ3v) is 3.09. The summed E-state index contributed by atoms with van der Waals surface area (Å²) in [6.07, 6.45) is 1.33. The van der Waals surface area contributed by atoms with Gasteiger partial charge in [0.25, 0.3) is 0 Å². The summed E-state index contributed by atoms with van der Waals surface area (Å²) in [7, 11) is 0. The van der Waals surface area contributed by atoms with Gasteiger partial charge in [0, 0.05) is 24.9 Å². The van der Waals surface area contributed by atoms with E-state index < -0.39 is 5.60 Å². The van der Waals surface area contributed by atoms with Gasteiger partial charge in [-0.15, -0.1) is 0 Å². The van der Waals surface area contributed by atoms with Crippen LogP contribution in [-0.2, 0) is 4.74 Å². The van der Waals surface area contributed by atoms with Crippen molar-refractivity contribution in [2.45, 2.75) is 45.3 Å². The van der Waals surface area contributed by atoms with Crippen molar-refractivity contribution in [3.05, 3.63) is 0 Å². The molecular weight excluding hydrogens is 208 g/mol. The molecule has 1 aliphatic carbocycles. The first-order valence-corrected chi connectivity index (χ1v) is 5.61. The van der Waals surface area contributed by atoms with E-state index in [-0.39, 0.29) is 18.1 Å². The first kappa shape index (κ1) is 11.2. The molecule has 1 aliphatic heterocycles. The maximum atomic E-state index is 11.8. The predicted octanol–water partition coefficient (Wildman–Crippen LogP) is 1.85. The van der Waals surface area contributed by atoms with Gasteiger partial charge in [0.15, 0.2) is 0 Å². The number of fused-ring (bicyclic) bond motifs is 2. The Balaban J connectivity index is 1.98. The summed E-state index contributed by atoms with van der Waals surface area (Å²) in [6.45, 7) is 6.21. The highest BCUT2D eigenvalue weighted by Crippen LogP contribution is 2.36. The van der Waals surface area contributed by atoms with E-state index in [2.05, 4.69) is 5.16 Å². The zero-order valence-corrected chi connectivity index (χ0v) is 9.93. The van der Waals surface area contributed by atoms with Crippen molar-refractivity contribution in [3.8, 4) is 0 Å². The van der Waals surface area contributed by atoms with Crippen LogP contribution in [0.1, 0.15) is 33.6 Å². The van der Waals surface area contributed by atoms with Crippen LogP contribution in [0.2, 0.25) is 0 Å². The number of piperidine rings is 1. The van der Waals surface area contributed by atoms with Crippen molar-refractivity contribution in [3.63, 3.8) is 0 Å². The number of oxime groups is 1. The Morgan fingerprint density at radius 3 is 2.69 bits per heavy atom. The Labute approximate surface area is 95.1 Å². The molecule has 1 amide bonds. The number of ether oxygens (including phenoxy) is 1. The van der Waals surface area contributed by atoms with Gasteiger partial charge in [0.2, 0.25) is 0 Å². The number of carbonyl (C=O) groups is 1. The third kappa shape index (κ3) is 1.99. The Kier molecular flexibility index (Phi) is 2.56. The molecule has 0 aromatic heterocycles. The Hall–Kier alpha value is -1.26. The largest absolute Gasteiger partial charge is 0.444 e. The van der Waals surface area contributed by atoms with Crippen LogP contribution in [-0.4, -0.2) is 40.1 Å². The van der Waals surface area contributed by atoms with Crippen LogP contribution in [0.25, 0.3) is 0 Å². The lowest BCUT2D eigenvalue weighted by molar-refractivity contribution is 0.0219. The lowest BCUT2D eigenvalue weighted by atomic mass is 10.1. The second-order valence-corrected chi connectivity index (χ2v) is 5.51. The second-order valence-electron chi connectivity index (χ2n) is 5.51. The third-order valence-electron chi connectivity index (χ3n) is 3.09. The number of amides is 1. The van der Waals surface area contributed by atoms with Gasteiger partial charge in [-0.2, -0.15) is 0 Å². The lowest BCUT2D eigenvalue weighted by Gasteiger charge is -2.30. The van der Waals surface area contributed by atoms with Crippen LogP contribution in [0.15, 0.2) is 5.16 Å². The number of likely N-dealkylation sites (tertiary alicyclic amines) is 1. The fraction of sp³-hybridized carbons (Fsp3) is 0.818.